The Balaban J connectivity index is 1.30. The van der Waals surface area contributed by atoms with Crippen LogP contribution >= 0.6 is 0 Å². The van der Waals surface area contributed by atoms with Gasteiger partial charge in [-0.05, 0) is 56.7 Å². The second-order valence-electron chi connectivity index (χ2n) is 8.65. The lowest BCUT2D eigenvalue weighted by atomic mass is 9.93. The Hall–Kier alpha value is -2.64. The van der Waals surface area contributed by atoms with Gasteiger partial charge in [-0.1, -0.05) is 42.5 Å². The first-order chi connectivity index (χ1) is 14.2. The van der Waals surface area contributed by atoms with Crippen LogP contribution in [-0.4, -0.2) is 33.1 Å². The first-order valence-corrected chi connectivity index (χ1v) is 10.9. The van der Waals surface area contributed by atoms with Crippen LogP contribution in [-0.2, 0) is 0 Å². The van der Waals surface area contributed by atoms with Crippen molar-refractivity contribution in [1.82, 2.24) is 14.5 Å². The molecule has 0 radical (unpaired) electrons. The average Bonchev–Trinajstić information content (AvgIpc) is 3.20. The van der Waals surface area contributed by atoms with E-state index in [1.165, 1.54) is 31.2 Å². The van der Waals surface area contributed by atoms with Crippen LogP contribution in [0.15, 0.2) is 54.6 Å². The molecular formula is C25H28N4. The number of benzene rings is 2. The Morgan fingerprint density at radius 3 is 2.41 bits per heavy atom. The fourth-order valence-corrected chi connectivity index (χ4v) is 5.72. The zero-order valence-corrected chi connectivity index (χ0v) is 17.0. The molecule has 2 saturated heterocycles. The summed E-state index contributed by atoms with van der Waals surface area (Å²) in [5.74, 6) is 1.13. The van der Waals surface area contributed by atoms with Crippen molar-refractivity contribution in [2.24, 2.45) is 0 Å². The van der Waals surface area contributed by atoms with Gasteiger partial charge in [-0.2, -0.15) is 5.26 Å². The highest BCUT2D eigenvalue weighted by molar-refractivity contribution is 5.76. The van der Waals surface area contributed by atoms with Gasteiger partial charge in [0, 0.05) is 24.7 Å². The van der Waals surface area contributed by atoms with Crippen molar-refractivity contribution in [3.05, 3.63) is 66.0 Å². The third-order valence-electron chi connectivity index (χ3n) is 7.03. The summed E-state index contributed by atoms with van der Waals surface area (Å²) in [5, 5.41) is 9.68. The number of hydrogen-bond donors (Lipinski definition) is 0. The number of aromatic nitrogens is 2. The van der Waals surface area contributed by atoms with Crippen LogP contribution in [0.3, 0.4) is 0 Å². The van der Waals surface area contributed by atoms with Gasteiger partial charge in [0.1, 0.15) is 5.82 Å². The SMILES string of the molecule is Cc1nc2ccccc2n1C1CC2CCC(C1)N2CCC(C#N)c1ccccc1. The van der Waals surface area contributed by atoms with Gasteiger partial charge in [-0.15, -0.1) is 0 Å². The van der Waals surface area contributed by atoms with E-state index in [9.17, 15) is 5.26 Å². The molecule has 4 nitrogen and oxygen atoms in total. The minimum atomic E-state index is -0.00633. The lowest BCUT2D eigenvalue weighted by Gasteiger charge is -2.40. The number of nitriles is 1. The quantitative estimate of drug-likeness (QED) is 0.606. The standard InChI is InChI=1S/C25H28N4/c1-18-27-24-9-5-6-10-25(24)29(18)23-15-21-11-12-22(16-23)28(21)14-13-20(17-26)19-7-3-2-4-8-19/h2-10,20-23H,11-16H2,1H3. The van der Waals surface area contributed by atoms with Gasteiger partial charge in [0.25, 0.3) is 0 Å². The highest BCUT2D eigenvalue weighted by atomic mass is 15.2. The number of piperidine rings is 1. The maximum Gasteiger partial charge on any atom is 0.106 e. The summed E-state index contributed by atoms with van der Waals surface area (Å²) < 4.78 is 2.49. The van der Waals surface area contributed by atoms with E-state index in [2.05, 4.69) is 58.9 Å². The van der Waals surface area contributed by atoms with Gasteiger partial charge < -0.3 is 4.57 Å². The Labute approximate surface area is 172 Å². The molecule has 2 aliphatic heterocycles. The average molecular weight is 385 g/mol. The van der Waals surface area contributed by atoms with Crippen molar-refractivity contribution < 1.29 is 0 Å². The van der Waals surface area contributed by atoms with E-state index in [1.807, 2.05) is 18.2 Å². The topological polar surface area (TPSA) is 44.9 Å². The Morgan fingerprint density at radius 1 is 1.00 bits per heavy atom. The monoisotopic (exact) mass is 384 g/mol. The fourth-order valence-electron chi connectivity index (χ4n) is 5.72. The van der Waals surface area contributed by atoms with Gasteiger partial charge in [0.05, 0.1) is 23.0 Å². The maximum absolute atomic E-state index is 9.68. The van der Waals surface area contributed by atoms with E-state index in [0.29, 0.717) is 18.1 Å². The molecule has 2 aliphatic rings. The predicted molar refractivity (Wildman–Crippen MR) is 116 cm³/mol. The van der Waals surface area contributed by atoms with Crippen LogP contribution in [0.4, 0.5) is 0 Å². The summed E-state index contributed by atoms with van der Waals surface area (Å²) in [5.41, 5.74) is 3.54. The highest BCUT2D eigenvalue weighted by Gasteiger charge is 2.41. The normalized spacial score (nSPS) is 25.2. The molecule has 3 aromatic rings. The van der Waals surface area contributed by atoms with Crippen molar-refractivity contribution in [1.29, 1.82) is 5.26 Å². The number of aryl methyl sites for hydroxylation is 1. The van der Waals surface area contributed by atoms with Gasteiger partial charge in [0.2, 0.25) is 0 Å². The maximum atomic E-state index is 9.68. The minimum Gasteiger partial charge on any atom is -0.325 e. The van der Waals surface area contributed by atoms with Crippen LogP contribution in [0, 0.1) is 18.3 Å². The van der Waals surface area contributed by atoms with E-state index in [0.717, 1.165) is 29.9 Å². The number of nitrogens with zero attached hydrogens (tertiary/aromatic N) is 4. The first-order valence-electron chi connectivity index (χ1n) is 10.9. The molecule has 0 amide bonds. The summed E-state index contributed by atoms with van der Waals surface area (Å²) >= 11 is 0. The molecule has 0 saturated carbocycles. The van der Waals surface area contributed by atoms with E-state index < -0.39 is 0 Å². The van der Waals surface area contributed by atoms with Crippen molar-refractivity contribution in [2.75, 3.05) is 6.54 Å². The second-order valence-corrected chi connectivity index (χ2v) is 8.65. The summed E-state index contributed by atoms with van der Waals surface area (Å²) in [4.78, 5) is 7.50. The van der Waals surface area contributed by atoms with Crippen LogP contribution in [0.25, 0.3) is 11.0 Å². The largest absolute Gasteiger partial charge is 0.325 e. The zero-order valence-electron chi connectivity index (χ0n) is 17.0. The summed E-state index contributed by atoms with van der Waals surface area (Å²) in [6, 6.07) is 23.1. The molecule has 0 aliphatic carbocycles. The molecule has 0 spiro atoms. The molecule has 3 unspecified atom stereocenters. The molecule has 29 heavy (non-hydrogen) atoms. The highest BCUT2D eigenvalue weighted by Crippen LogP contribution is 2.42. The third kappa shape index (κ3) is 3.34. The van der Waals surface area contributed by atoms with E-state index in [4.69, 9.17) is 4.98 Å². The smallest absolute Gasteiger partial charge is 0.106 e. The van der Waals surface area contributed by atoms with E-state index >= 15 is 0 Å². The number of rotatable bonds is 5. The van der Waals surface area contributed by atoms with E-state index in [1.54, 1.807) is 0 Å². The third-order valence-corrected chi connectivity index (χ3v) is 7.03. The van der Waals surface area contributed by atoms with Crippen LogP contribution in [0.1, 0.15) is 55.5 Å². The van der Waals surface area contributed by atoms with Crippen LogP contribution in [0.5, 0.6) is 0 Å². The van der Waals surface area contributed by atoms with E-state index in [-0.39, 0.29) is 5.92 Å². The number of fused-ring (bicyclic) bond motifs is 3. The van der Waals surface area contributed by atoms with Crippen molar-refractivity contribution >= 4 is 11.0 Å². The minimum absolute atomic E-state index is 0.00633. The number of hydrogen-bond acceptors (Lipinski definition) is 3. The first kappa shape index (κ1) is 18.4. The molecule has 3 heterocycles. The molecule has 2 bridgehead atoms. The Bertz CT molecular complexity index is 1020. The van der Waals surface area contributed by atoms with Gasteiger partial charge in [-0.25, -0.2) is 4.98 Å². The molecule has 0 N–H and O–H groups in total. The van der Waals surface area contributed by atoms with Gasteiger partial charge >= 0.3 is 0 Å². The summed E-state index contributed by atoms with van der Waals surface area (Å²) in [6.07, 6.45) is 5.89. The lowest BCUT2D eigenvalue weighted by molar-refractivity contribution is 0.105. The molecule has 3 atom stereocenters. The summed E-state index contributed by atoms with van der Waals surface area (Å²) in [6.45, 7) is 3.17. The zero-order chi connectivity index (χ0) is 19.8. The van der Waals surface area contributed by atoms with Crippen LogP contribution in [0.2, 0.25) is 0 Å². The molecule has 2 fully saturated rings. The second kappa shape index (κ2) is 7.65. The Kier molecular flexibility index (Phi) is 4.85. The molecule has 5 rings (SSSR count). The number of para-hydroxylation sites is 2. The van der Waals surface area contributed by atoms with Gasteiger partial charge in [0.15, 0.2) is 0 Å². The van der Waals surface area contributed by atoms with Crippen molar-refractivity contribution in [3.8, 4) is 6.07 Å². The van der Waals surface area contributed by atoms with Crippen molar-refractivity contribution in [2.45, 2.75) is 63.1 Å². The van der Waals surface area contributed by atoms with Crippen molar-refractivity contribution in [3.63, 3.8) is 0 Å². The lowest BCUT2D eigenvalue weighted by Crippen LogP contribution is -2.44. The Morgan fingerprint density at radius 2 is 1.69 bits per heavy atom. The fraction of sp³-hybridized carbons (Fsp3) is 0.440. The molecule has 1 aromatic heterocycles. The molecule has 4 heteroatoms. The molecule has 2 aromatic carbocycles. The molecule has 148 valence electrons. The van der Waals surface area contributed by atoms with Gasteiger partial charge in [-0.3, -0.25) is 4.90 Å². The summed E-state index contributed by atoms with van der Waals surface area (Å²) in [7, 11) is 0. The predicted octanol–water partition coefficient (Wildman–Crippen LogP) is 5.21. The van der Waals surface area contributed by atoms with Crippen LogP contribution < -0.4 is 0 Å². The number of imidazole rings is 1. The molecular weight excluding hydrogens is 356 g/mol.